The smallest absolute Gasteiger partial charge is 0.328 e. The van der Waals surface area contributed by atoms with Gasteiger partial charge in [-0.15, -0.1) is 0 Å². The van der Waals surface area contributed by atoms with Gasteiger partial charge in [0.05, 0.1) is 7.11 Å². The van der Waals surface area contributed by atoms with Crippen molar-refractivity contribution in [3.63, 3.8) is 0 Å². The molecule has 2 aromatic carbocycles. The van der Waals surface area contributed by atoms with E-state index in [1.807, 2.05) is 57.2 Å². The van der Waals surface area contributed by atoms with Crippen LogP contribution in [0, 0.1) is 5.92 Å². The largest absolute Gasteiger partial charge is 0.467 e. The zero-order valence-electron chi connectivity index (χ0n) is 19.2. The van der Waals surface area contributed by atoms with E-state index >= 15 is 0 Å². The third-order valence-electron chi connectivity index (χ3n) is 5.40. The number of nitrogens with zero attached hydrogens (tertiary/aromatic N) is 2. The Morgan fingerprint density at radius 3 is 2.09 bits per heavy atom. The number of rotatable bonds is 10. The predicted molar refractivity (Wildman–Crippen MR) is 125 cm³/mol. The van der Waals surface area contributed by atoms with E-state index in [1.54, 1.807) is 17.0 Å². The van der Waals surface area contributed by atoms with Crippen LogP contribution >= 0.6 is 0 Å². The van der Waals surface area contributed by atoms with Crippen molar-refractivity contribution < 1.29 is 19.5 Å². The highest BCUT2D eigenvalue weighted by Crippen LogP contribution is 2.23. The minimum Gasteiger partial charge on any atom is -0.467 e. The number of unbranched alkanes of at least 4 members (excludes halogenated alkanes) is 1. The van der Waals surface area contributed by atoms with Gasteiger partial charge in [-0.05, 0) is 29.0 Å². The molecule has 0 unspecified atom stereocenters. The summed E-state index contributed by atoms with van der Waals surface area (Å²) in [4.78, 5) is 27.0. The van der Waals surface area contributed by atoms with Gasteiger partial charge >= 0.3 is 5.97 Å². The van der Waals surface area contributed by atoms with Crippen LogP contribution in [0.1, 0.15) is 51.2 Å². The van der Waals surface area contributed by atoms with Crippen LogP contribution in [0.2, 0.25) is 0 Å². The number of amidine groups is 1. The molecule has 7 heteroatoms. The lowest BCUT2D eigenvalue weighted by Gasteiger charge is -2.32. The monoisotopic (exact) mass is 439 g/mol. The number of oxime groups is 1. The number of benzene rings is 2. The minimum absolute atomic E-state index is 0.0428. The number of methoxy groups -OCH3 is 1. The third-order valence-corrected chi connectivity index (χ3v) is 5.40. The van der Waals surface area contributed by atoms with Gasteiger partial charge < -0.3 is 20.6 Å². The summed E-state index contributed by atoms with van der Waals surface area (Å²) >= 11 is 0. The molecule has 0 saturated carbocycles. The van der Waals surface area contributed by atoms with E-state index in [1.165, 1.54) is 7.11 Å². The van der Waals surface area contributed by atoms with Gasteiger partial charge in [-0.3, -0.25) is 4.79 Å². The van der Waals surface area contributed by atoms with Crippen LogP contribution < -0.4 is 5.73 Å². The second kappa shape index (κ2) is 11.9. The summed E-state index contributed by atoms with van der Waals surface area (Å²) < 4.78 is 4.99. The first-order chi connectivity index (χ1) is 15.3. The van der Waals surface area contributed by atoms with E-state index in [0.717, 1.165) is 29.5 Å². The molecular formula is C25H33N3O4. The van der Waals surface area contributed by atoms with Crippen LogP contribution in [0.5, 0.6) is 0 Å². The Balaban J connectivity index is 2.26. The molecule has 32 heavy (non-hydrogen) atoms. The van der Waals surface area contributed by atoms with E-state index in [2.05, 4.69) is 5.16 Å². The number of carbonyl (C=O) groups is 2. The molecule has 0 fully saturated rings. The van der Waals surface area contributed by atoms with Crippen molar-refractivity contribution in [3.05, 3.63) is 59.7 Å². The first kappa shape index (κ1) is 24.9. The first-order valence-electron chi connectivity index (χ1n) is 10.9. The lowest BCUT2D eigenvalue weighted by atomic mass is 9.99. The van der Waals surface area contributed by atoms with E-state index in [0.29, 0.717) is 18.5 Å². The number of nitrogens with two attached hydrogens (primary N) is 1. The molecule has 1 atom stereocenters. The van der Waals surface area contributed by atoms with Crippen LogP contribution in [0.4, 0.5) is 0 Å². The van der Waals surface area contributed by atoms with Crippen molar-refractivity contribution in [2.24, 2.45) is 16.8 Å². The Labute approximate surface area is 189 Å². The molecule has 0 aromatic heterocycles. The summed E-state index contributed by atoms with van der Waals surface area (Å²) in [6.07, 6.45) is 2.09. The van der Waals surface area contributed by atoms with Crippen molar-refractivity contribution in [3.8, 4) is 11.1 Å². The number of amides is 1. The summed E-state index contributed by atoms with van der Waals surface area (Å²) in [6.45, 7) is 6.21. The minimum atomic E-state index is -0.629. The normalized spacial score (nSPS) is 12.5. The van der Waals surface area contributed by atoms with Gasteiger partial charge in [-0.25, -0.2) is 4.79 Å². The molecule has 0 radical (unpaired) electrons. The molecule has 1 amide bonds. The predicted octanol–water partition coefficient (Wildman–Crippen LogP) is 4.16. The standard InChI is InChI=1S/C25H33N3O4/c1-5-6-7-22(29)28(23(17(2)3)25(30)32-4)16-18-8-10-19(11-9-18)20-12-14-21(15-13-20)24(26)27-31/h8-15,17,23,31H,5-7,16H2,1-4H3,(H2,26,27)/t23-/m0/s1. The topological polar surface area (TPSA) is 105 Å². The highest BCUT2D eigenvalue weighted by atomic mass is 16.5. The van der Waals surface area contributed by atoms with E-state index in [-0.39, 0.29) is 17.7 Å². The van der Waals surface area contributed by atoms with Gasteiger partial charge in [0.15, 0.2) is 5.84 Å². The zero-order valence-corrected chi connectivity index (χ0v) is 19.2. The Hall–Kier alpha value is -3.35. The highest BCUT2D eigenvalue weighted by molar-refractivity contribution is 5.97. The molecule has 3 N–H and O–H groups in total. The molecule has 7 nitrogen and oxygen atoms in total. The lowest BCUT2D eigenvalue weighted by molar-refractivity contribution is -0.155. The number of esters is 1. The Morgan fingerprint density at radius 1 is 1.06 bits per heavy atom. The Kier molecular flexibility index (Phi) is 9.25. The van der Waals surface area contributed by atoms with Gasteiger partial charge in [-0.1, -0.05) is 80.9 Å². The Bertz CT molecular complexity index is 921. The lowest BCUT2D eigenvalue weighted by Crippen LogP contribution is -2.48. The molecule has 0 bridgehead atoms. The fourth-order valence-corrected chi connectivity index (χ4v) is 3.58. The SMILES string of the molecule is CCCCC(=O)N(Cc1ccc(-c2ccc(/C(N)=N/O)cc2)cc1)[C@H](C(=O)OC)C(C)C. The highest BCUT2D eigenvalue weighted by Gasteiger charge is 2.33. The molecule has 172 valence electrons. The fourth-order valence-electron chi connectivity index (χ4n) is 3.58. The molecule has 0 spiro atoms. The molecule has 0 aliphatic rings. The maximum Gasteiger partial charge on any atom is 0.328 e. The summed E-state index contributed by atoms with van der Waals surface area (Å²) in [5, 5.41) is 11.8. The van der Waals surface area contributed by atoms with Gasteiger partial charge in [-0.2, -0.15) is 0 Å². The van der Waals surface area contributed by atoms with Crippen LogP contribution in [0.25, 0.3) is 11.1 Å². The maximum absolute atomic E-state index is 13.0. The van der Waals surface area contributed by atoms with Gasteiger partial charge in [0, 0.05) is 18.5 Å². The zero-order chi connectivity index (χ0) is 23.7. The van der Waals surface area contributed by atoms with Crippen molar-refractivity contribution in [1.82, 2.24) is 4.90 Å². The van der Waals surface area contributed by atoms with Gasteiger partial charge in [0.2, 0.25) is 5.91 Å². The fraction of sp³-hybridized carbons (Fsp3) is 0.400. The second-order valence-corrected chi connectivity index (χ2v) is 8.10. The number of carbonyl (C=O) groups excluding carboxylic acids is 2. The molecule has 0 saturated heterocycles. The van der Waals surface area contributed by atoms with E-state index in [4.69, 9.17) is 15.7 Å². The average Bonchev–Trinajstić information content (AvgIpc) is 2.81. The summed E-state index contributed by atoms with van der Waals surface area (Å²) in [6, 6.07) is 14.6. The number of ether oxygens (including phenoxy) is 1. The second-order valence-electron chi connectivity index (χ2n) is 8.10. The quantitative estimate of drug-likeness (QED) is 0.190. The van der Waals surface area contributed by atoms with Crippen molar-refractivity contribution in [2.45, 2.75) is 52.6 Å². The van der Waals surface area contributed by atoms with Crippen LogP contribution in [-0.2, 0) is 20.9 Å². The van der Waals surface area contributed by atoms with E-state index in [9.17, 15) is 9.59 Å². The molecule has 2 aromatic rings. The molecular weight excluding hydrogens is 406 g/mol. The van der Waals surface area contributed by atoms with Crippen LogP contribution in [0.3, 0.4) is 0 Å². The third kappa shape index (κ3) is 6.33. The van der Waals surface area contributed by atoms with Crippen LogP contribution in [0.15, 0.2) is 53.7 Å². The van der Waals surface area contributed by atoms with Crippen molar-refractivity contribution >= 4 is 17.7 Å². The molecule has 2 rings (SSSR count). The average molecular weight is 440 g/mol. The first-order valence-corrected chi connectivity index (χ1v) is 10.9. The van der Waals surface area contributed by atoms with Crippen LogP contribution in [-0.4, -0.2) is 41.0 Å². The molecule has 0 aliphatic carbocycles. The van der Waals surface area contributed by atoms with Crippen molar-refractivity contribution in [1.29, 1.82) is 0 Å². The van der Waals surface area contributed by atoms with E-state index < -0.39 is 12.0 Å². The molecule has 0 aliphatic heterocycles. The van der Waals surface area contributed by atoms with Gasteiger partial charge in [0.25, 0.3) is 0 Å². The van der Waals surface area contributed by atoms with Gasteiger partial charge in [0.1, 0.15) is 6.04 Å². The molecule has 0 heterocycles. The summed E-state index contributed by atoms with van der Waals surface area (Å²) in [5.74, 6) is -0.447. The summed E-state index contributed by atoms with van der Waals surface area (Å²) in [7, 11) is 1.35. The number of hydrogen-bond donors (Lipinski definition) is 2. The Morgan fingerprint density at radius 2 is 1.62 bits per heavy atom. The number of hydrogen-bond acceptors (Lipinski definition) is 5. The maximum atomic E-state index is 13.0. The van der Waals surface area contributed by atoms with Crippen molar-refractivity contribution in [2.75, 3.05) is 7.11 Å². The summed E-state index contributed by atoms with van der Waals surface area (Å²) in [5.41, 5.74) is 9.16.